The average Bonchev–Trinajstić information content (AvgIpc) is 2.67. The molecule has 15 heavy (non-hydrogen) atoms. The van der Waals surface area contributed by atoms with Crippen molar-refractivity contribution in [3.05, 3.63) is 17.0 Å². The lowest BCUT2D eigenvalue weighted by molar-refractivity contribution is -0.203. The minimum Gasteiger partial charge on any atom is -0.383 e. The predicted molar refractivity (Wildman–Crippen MR) is 46.4 cm³/mol. The first kappa shape index (κ1) is 10.5. The third-order valence-electron chi connectivity index (χ3n) is 2.66. The highest BCUT2D eigenvalue weighted by atomic mass is 19.4. The van der Waals surface area contributed by atoms with Crippen LogP contribution in [0.2, 0.25) is 0 Å². The van der Waals surface area contributed by atoms with Crippen molar-refractivity contribution in [2.24, 2.45) is 0 Å². The highest BCUT2D eigenvalue weighted by Gasteiger charge is 2.39. The number of fused-ring (bicyclic) bond motifs is 1. The number of hydrogen-bond acceptors (Lipinski definition) is 2. The van der Waals surface area contributed by atoms with Crippen molar-refractivity contribution >= 4 is 0 Å². The van der Waals surface area contributed by atoms with Gasteiger partial charge in [-0.25, -0.2) is 0 Å². The van der Waals surface area contributed by atoms with Gasteiger partial charge < -0.3 is 5.11 Å². The van der Waals surface area contributed by atoms with Crippen LogP contribution in [0.3, 0.4) is 0 Å². The highest BCUT2D eigenvalue weighted by molar-refractivity contribution is 5.29. The van der Waals surface area contributed by atoms with Crippen molar-refractivity contribution in [2.45, 2.75) is 38.0 Å². The average molecular weight is 220 g/mol. The Bertz CT molecular complexity index is 359. The van der Waals surface area contributed by atoms with Crippen LogP contribution >= 0.6 is 0 Å². The van der Waals surface area contributed by atoms with E-state index in [0.717, 1.165) is 30.5 Å². The maximum absolute atomic E-state index is 12.1. The molecule has 2 rings (SSSR count). The van der Waals surface area contributed by atoms with Crippen LogP contribution in [0.5, 0.6) is 0 Å². The summed E-state index contributed by atoms with van der Waals surface area (Å²) in [6.07, 6.45) is -4.79. The number of aromatic nitrogens is 2. The molecule has 0 saturated heterocycles. The minimum atomic E-state index is -4.57. The third kappa shape index (κ3) is 1.99. The number of aliphatic hydroxyl groups is 1. The van der Waals surface area contributed by atoms with Gasteiger partial charge in [0.15, 0.2) is 6.10 Å². The van der Waals surface area contributed by atoms with Gasteiger partial charge in [-0.2, -0.15) is 18.3 Å². The van der Waals surface area contributed by atoms with Crippen molar-refractivity contribution in [3.8, 4) is 0 Å². The molecule has 84 valence electrons. The summed E-state index contributed by atoms with van der Waals surface area (Å²) in [6, 6.07) is 0. The summed E-state index contributed by atoms with van der Waals surface area (Å²) in [5, 5.41) is 15.4. The van der Waals surface area contributed by atoms with E-state index in [2.05, 4.69) is 10.2 Å². The van der Waals surface area contributed by atoms with Gasteiger partial charge in [0.25, 0.3) is 0 Å². The van der Waals surface area contributed by atoms with Gasteiger partial charge >= 0.3 is 6.18 Å². The van der Waals surface area contributed by atoms with Gasteiger partial charge in [0.1, 0.15) is 0 Å². The summed E-state index contributed by atoms with van der Waals surface area (Å²) in [7, 11) is 0. The van der Waals surface area contributed by atoms with Crippen molar-refractivity contribution in [3.63, 3.8) is 0 Å². The number of H-pyrrole nitrogens is 1. The molecule has 1 aliphatic rings. The van der Waals surface area contributed by atoms with Crippen LogP contribution in [0.1, 0.15) is 23.4 Å². The number of halogens is 3. The zero-order valence-corrected chi connectivity index (χ0v) is 7.93. The van der Waals surface area contributed by atoms with Crippen LogP contribution in [-0.4, -0.2) is 27.6 Å². The molecule has 0 fully saturated rings. The van der Waals surface area contributed by atoms with E-state index in [0.29, 0.717) is 5.69 Å². The highest BCUT2D eigenvalue weighted by Crippen LogP contribution is 2.27. The van der Waals surface area contributed by atoms with Crippen molar-refractivity contribution in [2.75, 3.05) is 0 Å². The maximum atomic E-state index is 12.1. The number of alkyl halides is 3. The molecule has 1 aromatic heterocycles. The molecule has 0 aromatic carbocycles. The van der Waals surface area contributed by atoms with E-state index in [1.54, 1.807) is 0 Å². The van der Waals surface area contributed by atoms with Crippen LogP contribution in [0, 0.1) is 0 Å². The molecule has 0 aliphatic heterocycles. The summed E-state index contributed by atoms with van der Waals surface area (Å²) in [6.45, 7) is 0. The second-order valence-electron chi connectivity index (χ2n) is 3.74. The van der Waals surface area contributed by atoms with Gasteiger partial charge in [0.05, 0.1) is 5.69 Å². The Morgan fingerprint density at radius 2 is 2.13 bits per heavy atom. The second kappa shape index (κ2) is 3.52. The Labute approximate surface area is 84.3 Å². The smallest absolute Gasteiger partial charge is 0.383 e. The normalized spacial score (nSPS) is 17.9. The Hall–Kier alpha value is -1.04. The zero-order chi connectivity index (χ0) is 11.1. The Balaban J connectivity index is 2.12. The van der Waals surface area contributed by atoms with E-state index >= 15 is 0 Å². The van der Waals surface area contributed by atoms with Gasteiger partial charge in [-0.3, -0.25) is 5.10 Å². The summed E-state index contributed by atoms with van der Waals surface area (Å²) in [5.41, 5.74) is 2.13. The van der Waals surface area contributed by atoms with Crippen LogP contribution in [0.4, 0.5) is 13.2 Å². The molecule has 1 heterocycles. The van der Waals surface area contributed by atoms with Crippen LogP contribution in [0.15, 0.2) is 0 Å². The molecule has 0 saturated carbocycles. The topological polar surface area (TPSA) is 48.9 Å². The van der Waals surface area contributed by atoms with Gasteiger partial charge in [0.2, 0.25) is 0 Å². The molecular weight excluding hydrogens is 209 g/mol. The van der Waals surface area contributed by atoms with Gasteiger partial charge in [0, 0.05) is 12.1 Å². The lowest BCUT2D eigenvalue weighted by Crippen LogP contribution is -2.30. The van der Waals surface area contributed by atoms with Gasteiger partial charge in [-0.15, -0.1) is 0 Å². The third-order valence-corrected chi connectivity index (χ3v) is 2.66. The van der Waals surface area contributed by atoms with E-state index in [4.69, 9.17) is 5.11 Å². The number of aryl methyl sites for hydroxylation is 1. The number of aromatic amines is 1. The van der Waals surface area contributed by atoms with Gasteiger partial charge in [-0.1, -0.05) is 0 Å². The van der Waals surface area contributed by atoms with Crippen LogP contribution in [-0.2, 0) is 19.3 Å². The fourth-order valence-electron chi connectivity index (χ4n) is 1.86. The molecule has 0 spiro atoms. The van der Waals surface area contributed by atoms with Crippen LogP contribution < -0.4 is 0 Å². The summed E-state index contributed by atoms with van der Waals surface area (Å²) in [5.74, 6) is 0. The molecule has 1 aromatic rings. The van der Waals surface area contributed by atoms with E-state index in [9.17, 15) is 13.2 Å². The molecule has 6 heteroatoms. The van der Waals surface area contributed by atoms with E-state index in [1.165, 1.54) is 0 Å². The number of aliphatic hydroxyl groups excluding tert-OH is 1. The summed E-state index contributed by atoms with van der Waals surface area (Å²) < 4.78 is 36.3. The number of nitrogens with one attached hydrogen (secondary N) is 1. The van der Waals surface area contributed by atoms with E-state index in [-0.39, 0.29) is 0 Å². The second-order valence-corrected chi connectivity index (χ2v) is 3.74. The monoisotopic (exact) mass is 220 g/mol. The Morgan fingerprint density at radius 3 is 2.80 bits per heavy atom. The van der Waals surface area contributed by atoms with Crippen molar-refractivity contribution < 1.29 is 18.3 Å². The largest absolute Gasteiger partial charge is 0.414 e. The van der Waals surface area contributed by atoms with E-state index < -0.39 is 18.7 Å². The van der Waals surface area contributed by atoms with Gasteiger partial charge in [-0.05, 0) is 24.8 Å². The number of hydrogen-bond donors (Lipinski definition) is 2. The number of nitrogens with zero attached hydrogens (tertiary/aromatic N) is 1. The van der Waals surface area contributed by atoms with Crippen molar-refractivity contribution in [1.82, 2.24) is 10.2 Å². The minimum absolute atomic E-state index is 0.354. The molecule has 0 amide bonds. The quantitative estimate of drug-likeness (QED) is 0.790. The zero-order valence-electron chi connectivity index (χ0n) is 7.93. The molecule has 1 atom stereocenters. The Kier molecular flexibility index (Phi) is 2.46. The fourth-order valence-corrected chi connectivity index (χ4v) is 1.86. The molecular formula is C9H11F3N2O. The number of rotatable bonds is 2. The first-order chi connectivity index (χ1) is 6.98. The summed E-state index contributed by atoms with van der Waals surface area (Å²) >= 11 is 0. The molecule has 2 N–H and O–H groups in total. The lowest BCUT2D eigenvalue weighted by Gasteiger charge is -2.13. The fraction of sp³-hybridized carbons (Fsp3) is 0.667. The SMILES string of the molecule is OC(Cc1n[nH]c2c1CCC2)C(F)(F)F. The molecule has 0 radical (unpaired) electrons. The summed E-state index contributed by atoms with van der Waals surface area (Å²) in [4.78, 5) is 0. The molecule has 0 bridgehead atoms. The van der Waals surface area contributed by atoms with Crippen molar-refractivity contribution in [1.29, 1.82) is 0 Å². The molecule has 1 unspecified atom stereocenters. The first-order valence-electron chi connectivity index (χ1n) is 4.78. The maximum Gasteiger partial charge on any atom is 0.414 e. The lowest BCUT2D eigenvalue weighted by atomic mass is 10.1. The Morgan fingerprint density at radius 1 is 1.40 bits per heavy atom. The van der Waals surface area contributed by atoms with Crippen LogP contribution in [0.25, 0.3) is 0 Å². The predicted octanol–water partition coefficient (Wildman–Crippen LogP) is 1.36. The molecule has 1 aliphatic carbocycles. The van der Waals surface area contributed by atoms with E-state index in [1.807, 2.05) is 0 Å². The molecule has 3 nitrogen and oxygen atoms in total. The first-order valence-corrected chi connectivity index (χ1v) is 4.78. The standard InChI is InChI=1S/C9H11F3N2O/c10-9(11,12)8(15)4-7-5-2-1-3-6(5)13-14-7/h8,15H,1-4H2,(H,13,14).